The molecule has 0 aromatic carbocycles. The Kier molecular flexibility index (Phi) is 1.17. The molecule has 3 atom stereocenters. The summed E-state index contributed by atoms with van der Waals surface area (Å²) < 4.78 is 0. The Morgan fingerprint density at radius 3 is 2.20 bits per heavy atom. The summed E-state index contributed by atoms with van der Waals surface area (Å²) >= 11 is 0. The van der Waals surface area contributed by atoms with Gasteiger partial charge in [0.2, 0.25) is 0 Å². The van der Waals surface area contributed by atoms with Crippen molar-refractivity contribution in [3.63, 3.8) is 0 Å². The molecule has 2 bridgehead atoms. The van der Waals surface area contributed by atoms with Crippen LogP contribution in [0.5, 0.6) is 0 Å². The molecule has 10 heavy (non-hydrogen) atoms. The highest BCUT2D eigenvalue weighted by molar-refractivity contribution is 5.03. The predicted molar refractivity (Wildman–Crippen MR) is 42.6 cm³/mol. The minimum absolute atomic E-state index is 0.522. The second kappa shape index (κ2) is 1.76. The summed E-state index contributed by atoms with van der Waals surface area (Å²) in [5.74, 6) is 1.77. The van der Waals surface area contributed by atoms with Gasteiger partial charge in [-0.1, -0.05) is 13.8 Å². The summed E-state index contributed by atoms with van der Waals surface area (Å²) in [6.07, 6.45) is 4.11. The fourth-order valence-electron chi connectivity index (χ4n) is 3.11. The SMILES string of the molecule is CC1(C)C2CCC1C(N)C2. The van der Waals surface area contributed by atoms with Gasteiger partial charge in [-0.3, -0.25) is 0 Å². The molecule has 1 nitrogen and oxygen atoms in total. The summed E-state index contributed by atoms with van der Waals surface area (Å²) in [5.41, 5.74) is 6.56. The van der Waals surface area contributed by atoms with Crippen molar-refractivity contribution in [3.8, 4) is 0 Å². The highest BCUT2D eigenvalue weighted by Crippen LogP contribution is 2.56. The van der Waals surface area contributed by atoms with E-state index in [1.807, 2.05) is 0 Å². The van der Waals surface area contributed by atoms with E-state index in [9.17, 15) is 0 Å². The van der Waals surface area contributed by atoms with E-state index in [0.717, 1.165) is 11.8 Å². The Balaban J connectivity index is 2.27. The fourth-order valence-corrected chi connectivity index (χ4v) is 3.11. The van der Waals surface area contributed by atoms with E-state index in [1.54, 1.807) is 0 Å². The van der Waals surface area contributed by atoms with Gasteiger partial charge in [0.1, 0.15) is 0 Å². The molecule has 0 aliphatic heterocycles. The van der Waals surface area contributed by atoms with Crippen LogP contribution in [0.25, 0.3) is 0 Å². The smallest absolute Gasteiger partial charge is 0.00752 e. The van der Waals surface area contributed by atoms with Crippen molar-refractivity contribution < 1.29 is 0 Å². The van der Waals surface area contributed by atoms with E-state index < -0.39 is 0 Å². The van der Waals surface area contributed by atoms with Crippen LogP contribution in [-0.4, -0.2) is 6.04 Å². The molecule has 3 unspecified atom stereocenters. The van der Waals surface area contributed by atoms with Gasteiger partial charge in [0.25, 0.3) is 0 Å². The van der Waals surface area contributed by atoms with Crippen molar-refractivity contribution in [2.75, 3.05) is 0 Å². The Hall–Kier alpha value is -0.0400. The van der Waals surface area contributed by atoms with Crippen LogP contribution in [-0.2, 0) is 0 Å². The maximum atomic E-state index is 6.00. The zero-order valence-corrected chi connectivity index (χ0v) is 6.93. The molecule has 1 heteroatoms. The van der Waals surface area contributed by atoms with E-state index >= 15 is 0 Å². The minimum Gasteiger partial charge on any atom is -0.327 e. The molecule has 2 fully saturated rings. The van der Waals surface area contributed by atoms with Crippen LogP contribution in [0.1, 0.15) is 33.1 Å². The highest BCUT2D eigenvalue weighted by atomic mass is 14.7. The van der Waals surface area contributed by atoms with Crippen molar-refractivity contribution in [2.45, 2.75) is 39.2 Å². The highest BCUT2D eigenvalue weighted by Gasteiger charge is 2.51. The first kappa shape index (κ1) is 6.66. The standard InChI is InChI=1S/C9H17N/c1-9(2)6-3-4-7(9)8(10)5-6/h6-8H,3-5,10H2,1-2H3. The maximum Gasteiger partial charge on any atom is 0.00752 e. The molecule has 0 spiro atoms. The lowest BCUT2D eigenvalue weighted by Gasteiger charge is -2.24. The van der Waals surface area contributed by atoms with E-state index in [-0.39, 0.29) is 0 Å². The van der Waals surface area contributed by atoms with Crippen LogP contribution in [0.2, 0.25) is 0 Å². The molecular formula is C9H17N. The van der Waals surface area contributed by atoms with Crippen LogP contribution >= 0.6 is 0 Å². The minimum atomic E-state index is 0.522. The van der Waals surface area contributed by atoms with Crippen molar-refractivity contribution in [1.29, 1.82) is 0 Å². The summed E-state index contributed by atoms with van der Waals surface area (Å²) in [6, 6.07) is 0.522. The van der Waals surface area contributed by atoms with Crippen molar-refractivity contribution in [3.05, 3.63) is 0 Å². The molecule has 0 aromatic rings. The van der Waals surface area contributed by atoms with Gasteiger partial charge in [-0.05, 0) is 36.5 Å². The van der Waals surface area contributed by atoms with Crippen molar-refractivity contribution >= 4 is 0 Å². The number of fused-ring (bicyclic) bond motifs is 2. The van der Waals surface area contributed by atoms with Gasteiger partial charge in [0, 0.05) is 6.04 Å². The second-order valence-electron chi connectivity index (χ2n) is 4.60. The maximum absolute atomic E-state index is 6.00. The average molecular weight is 139 g/mol. The van der Waals surface area contributed by atoms with Gasteiger partial charge in [-0.25, -0.2) is 0 Å². The molecule has 2 N–H and O–H groups in total. The zero-order chi connectivity index (χ0) is 7.35. The molecule has 2 aliphatic rings. The lowest BCUT2D eigenvalue weighted by atomic mass is 9.82. The Morgan fingerprint density at radius 2 is 2.00 bits per heavy atom. The molecule has 58 valence electrons. The van der Waals surface area contributed by atoms with Crippen molar-refractivity contribution in [2.24, 2.45) is 23.0 Å². The lowest BCUT2D eigenvalue weighted by Crippen LogP contribution is -2.29. The summed E-state index contributed by atoms with van der Waals surface area (Å²) in [7, 11) is 0. The third-order valence-electron chi connectivity index (χ3n) is 3.91. The Bertz CT molecular complexity index is 151. The fraction of sp³-hybridized carbons (Fsp3) is 1.00. The third kappa shape index (κ3) is 0.619. The van der Waals surface area contributed by atoms with E-state index in [0.29, 0.717) is 11.5 Å². The van der Waals surface area contributed by atoms with Gasteiger partial charge in [-0.15, -0.1) is 0 Å². The van der Waals surface area contributed by atoms with Crippen LogP contribution in [0.4, 0.5) is 0 Å². The zero-order valence-electron chi connectivity index (χ0n) is 6.93. The first-order chi connectivity index (χ1) is 4.62. The molecule has 0 heterocycles. The quantitative estimate of drug-likeness (QED) is 0.544. The third-order valence-corrected chi connectivity index (χ3v) is 3.91. The van der Waals surface area contributed by atoms with Gasteiger partial charge in [0.05, 0.1) is 0 Å². The Labute approximate surface area is 63.0 Å². The largest absolute Gasteiger partial charge is 0.327 e. The van der Waals surface area contributed by atoms with E-state index in [4.69, 9.17) is 5.73 Å². The first-order valence-electron chi connectivity index (χ1n) is 4.38. The van der Waals surface area contributed by atoms with Crippen LogP contribution in [0.15, 0.2) is 0 Å². The number of hydrogen-bond donors (Lipinski definition) is 1. The second-order valence-corrected chi connectivity index (χ2v) is 4.60. The average Bonchev–Trinajstić information content (AvgIpc) is 2.20. The number of nitrogens with two attached hydrogens (primary N) is 1. The number of rotatable bonds is 0. The normalized spacial score (nSPS) is 50.1. The van der Waals surface area contributed by atoms with Gasteiger partial charge in [0.15, 0.2) is 0 Å². The van der Waals surface area contributed by atoms with Crippen LogP contribution < -0.4 is 5.73 Å². The van der Waals surface area contributed by atoms with Gasteiger partial charge >= 0.3 is 0 Å². The van der Waals surface area contributed by atoms with Crippen molar-refractivity contribution in [1.82, 2.24) is 0 Å². The molecule has 2 aliphatic carbocycles. The van der Waals surface area contributed by atoms with Crippen LogP contribution in [0, 0.1) is 17.3 Å². The lowest BCUT2D eigenvalue weighted by molar-refractivity contribution is 0.253. The number of hydrogen-bond acceptors (Lipinski definition) is 1. The first-order valence-corrected chi connectivity index (χ1v) is 4.38. The molecule has 0 aromatic heterocycles. The topological polar surface area (TPSA) is 26.0 Å². The van der Waals surface area contributed by atoms with Crippen LogP contribution in [0.3, 0.4) is 0 Å². The van der Waals surface area contributed by atoms with Gasteiger partial charge < -0.3 is 5.73 Å². The van der Waals surface area contributed by atoms with E-state index in [2.05, 4.69) is 13.8 Å². The summed E-state index contributed by atoms with van der Waals surface area (Å²) in [6.45, 7) is 4.78. The Morgan fingerprint density at radius 1 is 1.30 bits per heavy atom. The predicted octanol–water partition coefficient (Wildman–Crippen LogP) is 1.77. The molecule has 0 amide bonds. The molecule has 2 saturated carbocycles. The summed E-state index contributed by atoms with van der Waals surface area (Å²) in [5, 5.41) is 0. The molecule has 0 saturated heterocycles. The summed E-state index contributed by atoms with van der Waals surface area (Å²) in [4.78, 5) is 0. The molecular weight excluding hydrogens is 122 g/mol. The van der Waals surface area contributed by atoms with Gasteiger partial charge in [-0.2, -0.15) is 0 Å². The monoisotopic (exact) mass is 139 g/mol. The molecule has 2 rings (SSSR count). The molecule has 0 radical (unpaired) electrons. The van der Waals surface area contributed by atoms with E-state index in [1.165, 1.54) is 19.3 Å².